The molecule has 4 N–H and O–H groups in total. The van der Waals surface area contributed by atoms with Crippen LogP contribution in [0.1, 0.15) is 18.7 Å². The molecular formula is C18H24N5O4+. The standard InChI is InChI=1S/C18H23N5O4/c1-27-9-8-23(11-16(24)22-18(26)19-12-6-7-12)10-15-20-14-5-3-2-4-13(14)17(25)21-15/h2-5,12H,6-11H2,1H3,(H,20,21,25)(H2,19,22,24,26)/p+1. The number of aromatic nitrogens is 2. The Balaban J connectivity index is 1.66. The molecule has 0 aliphatic heterocycles. The van der Waals surface area contributed by atoms with E-state index in [0.717, 1.165) is 17.7 Å². The second-order valence-corrected chi connectivity index (χ2v) is 6.67. The first kappa shape index (κ1) is 19.0. The third-order valence-electron chi connectivity index (χ3n) is 4.32. The average Bonchev–Trinajstić information content (AvgIpc) is 3.43. The number of amides is 3. The molecule has 144 valence electrons. The van der Waals surface area contributed by atoms with E-state index in [1.165, 1.54) is 0 Å². The number of hydrogen-bond donors (Lipinski definition) is 4. The molecule has 3 amide bonds. The van der Waals surface area contributed by atoms with E-state index in [1.807, 2.05) is 6.07 Å². The highest BCUT2D eigenvalue weighted by Crippen LogP contribution is 2.18. The molecule has 0 radical (unpaired) electrons. The van der Waals surface area contributed by atoms with Crippen molar-refractivity contribution < 1.29 is 19.2 Å². The number of ether oxygens (including phenoxy) is 1. The zero-order valence-electron chi connectivity index (χ0n) is 15.2. The van der Waals surface area contributed by atoms with Crippen LogP contribution in [0.15, 0.2) is 29.1 Å². The van der Waals surface area contributed by atoms with Gasteiger partial charge in [-0.1, -0.05) is 12.1 Å². The van der Waals surface area contributed by atoms with Crippen LogP contribution in [0.2, 0.25) is 0 Å². The predicted molar refractivity (Wildman–Crippen MR) is 98.3 cm³/mol. The highest BCUT2D eigenvalue weighted by Gasteiger charge is 2.25. The van der Waals surface area contributed by atoms with Crippen LogP contribution in [0.4, 0.5) is 4.79 Å². The van der Waals surface area contributed by atoms with Gasteiger partial charge in [-0.15, -0.1) is 0 Å². The van der Waals surface area contributed by atoms with Crippen molar-refractivity contribution in [2.75, 3.05) is 26.8 Å². The average molecular weight is 374 g/mol. The number of nitrogens with one attached hydrogen (secondary N) is 4. The third kappa shape index (κ3) is 5.60. The molecule has 9 nitrogen and oxygen atoms in total. The number of para-hydroxylation sites is 1. The van der Waals surface area contributed by atoms with Gasteiger partial charge < -0.3 is 19.9 Å². The Morgan fingerprint density at radius 3 is 2.85 bits per heavy atom. The van der Waals surface area contributed by atoms with E-state index in [9.17, 15) is 14.4 Å². The number of rotatable bonds is 8. The van der Waals surface area contributed by atoms with Crippen molar-refractivity contribution in [1.82, 2.24) is 20.6 Å². The molecule has 0 bridgehead atoms. The first-order chi connectivity index (χ1) is 13.0. The van der Waals surface area contributed by atoms with Crippen molar-refractivity contribution in [1.29, 1.82) is 0 Å². The number of aromatic amines is 1. The largest absolute Gasteiger partial charge is 0.379 e. The Morgan fingerprint density at radius 2 is 2.11 bits per heavy atom. The summed E-state index contributed by atoms with van der Waals surface area (Å²) in [5.74, 6) is 0.0995. The van der Waals surface area contributed by atoms with Gasteiger partial charge in [0.15, 0.2) is 12.4 Å². The summed E-state index contributed by atoms with van der Waals surface area (Å²) in [7, 11) is 1.58. The van der Waals surface area contributed by atoms with Crippen LogP contribution in [0, 0.1) is 0 Å². The minimum absolute atomic E-state index is 0.0674. The number of urea groups is 1. The molecule has 1 heterocycles. The molecule has 1 atom stereocenters. The van der Waals surface area contributed by atoms with E-state index in [4.69, 9.17) is 4.74 Å². The maximum Gasteiger partial charge on any atom is 0.321 e. The highest BCUT2D eigenvalue weighted by atomic mass is 16.5. The smallest absolute Gasteiger partial charge is 0.321 e. The maximum atomic E-state index is 12.2. The van der Waals surface area contributed by atoms with Crippen LogP contribution in [0.25, 0.3) is 10.9 Å². The van der Waals surface area contributed by atoms with Crippen LogP contribution >= 0.6 is 0 Å². The summed E-state index contributed by atoms with van der Waals surface area (Å²) in [5, 5.41) is 5.58. The number of fused-ring (bicyclic) bond motifs is 1. The molecule has 2 aromatic rings. The van der Waals surface area contributed by atoms with Gasteiger partial charge in [-0.2, -0.15) is 0 Å². The van der Waals surface area contributed by atoms with Gasteiger partial charge in [-0.05, 0) is 25.0 Å². The summed E-state index contributed by atoms with van der Waals surface area (Å²) in [6.45, 7) is 1.37. The van der Waals surface area contributed by atoms with Crippen molar-refractivity contribution in [3.8, 4) is 0 Å². The van der Waals surface area contributed by atoms with Gasteiger partial charge in [-0.3, -0.25) is 14.9 Å². The summed E-state index contributed by atoms with van der Waals surface area (Å²) >= 11 is 0. The summed E-state index contributed by atoms with van der Waals surface area (Å²) in [4.78, 5) is 44.2. The summed E-state index contributed by atoms with van der Waals surface area (Å²) in [5.41, 5.74) is 0.394. The fraction of sp³-hybridized carbons (Fsp3) is 0.444. The molecule has 3 rings (SSSR count). The molecule has 1 aliphatic rings. The number of carbonyl (C=O) groups is 2. The SMILES string of the molecule is COCC[NH+](CC(=O)NC(=O)NC1CC1)Cc1nc2ccccc2c(=O)[nH]1. The number of methoxy groups -OCH3 is 1. The maximum absolute atomic E-state index is 12.2. The van der Waals surface area contributed by atoms with Crippen molar-refractivity contribution >= 4 is 22.8 Å². The summed E-state index contributed by atoms with van der Waals surface area (Å²) < 4.78 is 5.10. The Labute approximate surface area is 156 Å². The monoisotopic (exact) mass is 374 g/mol. The van der Waals surface area contributed by atoms with Gasteiger partial charge in [0.1, 0.15) is 13.1 Å². The van der Waals surface area contributed by atoms with Gasteiger partial charge in [0.05, 0.1) is 17.5 Å². The zero-order valence-corrected chi connectivity index (χ0v) is 15.2. The highest BCUT2D eigenvalue weighted by molar-refractivity contribution is 5.94. The van der Waals surface area contributed by atoms with Gasteiger partial charge in [0.2, 0.25) is 0 Å². The van der Waals surface area contributed by atoms with Gasteiger partial charge >= 0.3 is 6.03 Å². The second kappa shape index (κ2) is 8.74. The molecule has 1 fully saturated rings. The molecular weight excluding hydrogens is 350 g/mol. The number of nitrogens with zero attached hydrogens (tertiary/aromatic N) is 1. The Hall–Kier alpha value is -2.78. The zero-order chi connectivity index (χ0) is 19.2. The van der Waals surface area contributed by atoms with Crippen LogP contribution in [0.3, 0.4) is 0 Å². The lowest BCUT2D eigenvalue weighted by Gasteiger charge is -2.18. The van der Waals surface area contributed by atoms with E-state index >= 15 is 0 Å². The topological polar surface area (TPSA) is 118 Å². The van der Waals surface area contributed by atoms with Gasteiger partial charge in [-0.25, -0.2) is 9.78 Å². The van der Waals surface area contributed by atoms with Crippen molar-refractivity contribution in [2.24, 2.45) is 0 Å². The van der Waals surface area contributed by atoms with Crippen molar-refractivity contribution in [2.45, 2.75) is 25.4 Å². The van der Waals surface area contributed by atoms with Crippen molar-refractivity contribution in [3.63, 3.8) is 0 Å². The minimum Gasteiger partial charge on any atom is -0.379 e. The van der Waals surface area contributed by atoms with Crippen LogP contribution < -0.4 is 21.1 Å². The van der Waals surface area contributed by atoms with E-state index in [1.54, 1.807) is 25.3 Å². The van der Waals surface area contributed by atoms with Crippen molar-refractivity contribution in [3.05, 3.63) is 40.4 Å². The second-order valence-electron chi connectivity index (χ2n) is 6.67. The molecule has 27 heavy (non-hydrogen) atoms. The molecule has 1 aliphatic carbocycles. The summed E-state index contributed by atoms with van der Waals surface area (Å²) in [6.07, 6.45) is 1.90. The first-order valence-electron chi connectivity index (χ1n) is 8.96. The quantitative estimate of drug-likeness (QED) is 0.470. The number of benzene rings is 1. The lowest BCUT2D eigenvalue weighted by atomic mass is 10.2. The predicted octanol–water partition coefficient (Wildman–Crippen LogP) is -1.06. The molecule has 0 saturated heterocycles. The number of carbonyl (C=O) groups excluding carboxylic acids is 2. The van der Waals surface area contributed by atoms with Crippen LogP contribution in [-0.4, -0.2) is 54.8 Å². The summed E-state index contributed by atoms with van der Waals surface area (Å²) in [6, 6.07) is 6.81. The van der Waals surface area contributed by atoms with E-state index in [0.29, 0.717) is 36.4 Å². The normalized spacial score (nSPS) is 14.7. The van der Waals surface area contributed by atoms with Crippen LogP contribution in [0.5, 0.6) is 0 Å². The van der Waals surface area contributed by atoms with E-state index < -0.39 is 6.03 Å². The molecule has 0 spiro atoms. The molecule has 1 aromatic carbocycles. The minimum atomic E-state index is -0.467. The molecule has 9 heteroatoms. The van der Waals surface area contributed by atoms with E-state index in [2.05, 4.69) is 20.6 Å². The number of imide groups is 1. The molecule has 1 unspecified atom stereocenters. The Morgan fingerprint density at radius 1 is 1.33 bits per heavy atom. The van der Waals surface area contributed by atoms with Gasteiger partial charge in [0.25, 0.3) is 11.5 Å². The molecule has 1 saturated carbocycles. The fourth-order valence-corrected chi connectivity index (χ4v) is 2.79. The lowest BCUT2D eigenvalue weighted by molar-refractivity contribution is -0.906. The molecule has 1 aromatic heterocycles. The Kier molecular flexibility index (Phi) is 6.15. The number of hydrogen-bond acceptors (Lipinski definition) is 5. The van der Waals surface area contributed by atoms with E-state index in [-0.39, 0.29) is 24.1 Å². The fourth-order valence-electron chi connectivity index (χ4n) is 2.79. The third-order valence-corrected chi connectivity index (χ3v) is 4.32. The number of H-pyrrole nitrogens is 1. The first-order valence-corrected chi connectivity index (χ1v) is 8.96. The number of quaternary nitrogens is 1. The lowest BCUT2D eigenvalue weighted by Crippen LogP contribution is -3.12. The van der Waals surface area contributed by atoms with Gasteiger partial charge in [0, 0.05) is 13.2 Å². The Bertz CT molecular complexity index is 877. The van der Waals surface area contributed by atoms with Crippen LogP contribution in [-0.2, 0) is 16.1 Å².